The van der Waals surface area contributed by atoms with Crippen LogP contribution >= 0.6 is 0 Å². The van der Waals surface area contributed by atoms with Crippen LogP contribution in [0.3, 0.4) is 0 Å². The summed E-state index contributed by atoms with van der Waals surface area (Å²) in [5.41, 5.74) is 6.91. The second-order valence-electron chi connectivity index (χ2n) is 4.02. The van der Waals surface area contributed by atoms with Gasteiger partial charge in [-0.25, -0.2) is 0 Å². The minimum absolute atomic E-state index is 0.0774. The number of alkyl halides is 3. The summed E-state index contributed by atoms with van der Waals surface area (Å²) < 4.78 is 35.6. The highest BCUT2D eigenvalue weighted by Gasteiger charge is 2.25. The first-order chi connectivity index (χ1) is 7.97. The fraction of sp³-hybridized carbons (Fsp3) is 0.500. The van der Waals surface area contributed by atoms with Gasteiger partial charge in [0.1, 0.15) is 0 Å². The van der Waals surface area contributed by atoms with Gasteiger partial charge < -0.3 is 11.1 Å². The van der Waals surface area contributed by atoms with E-state index in [4.69, 9.17) is 5.73 Å². The van der Waals surface area contributed by atoms with Crippen LogP contribution in [0.1, 0.15) is 12.0 Å². The van der Waals surface area contributed by atoms with Crippen LogP contribution in [-0.4, -0.2) is 25.3 Å². The Morgan fingerprint density at radius 2 is 1.82 bits per heavy atom. The van der Waals surface area contributed by atoms with Crippen molar-refractivity contribution in [2.24, 2.45) is 5.73 Å². The van der Waals surface area contributed by atoms with E-state index in [1.807, 2.05) is 30.3 Å². The lowest BCUT2D eigenvalue weighted by Crippen LogP contribution is -2.36. The van der Waals surface area contributed by atoms with Crippen molar-refractivity contribution in [1.82, 2.24) is 5.32 Å². The van der Waals surface area contributed by atoms with Crippen molar-refractivity contribution in [3.63, 3.8) is 0 Å². The Morgan fingerprint density at radius 1 is 1.18 bits per heavy atom. The topological polar surface area (TPSA) is 38.0 Å². The van der Waals surface area contributed by atoms with E-state index in [1.54, 1.807) is 0 Å². The first kappa shape index (κ1) is 14.0. The van der Waals surface area contributed by atoms with Crippen LogP contribution in [0, 0.1) is 0 Å². The zero-order valence-electron chi connectivity index (χ0n) is 9.50. The predicted molar refractivity (Wildman–Crippen MR) is 61.7 cm³/mol. The minimum Gasteiger partial charge on any atom is -0.326 e. The highest BCUT2D eigenvalue weighted by atomic mass is 19.4. The summed E-state index contributed by atoms with van der Waals surface area (Å²) in [6.45, 7) is 0.316. The van der Waals surface area contributed by atoms with Crippen LogP contribution in [0.15, 0.2) is 30.3 Å². The van der Waals surface area contributed by atoms with E-state index in [1.165, 1.54) is 0 Å². The number of hydrogen-bond donors (Lipinski definition) is 2. The predicted octanol–water partition coefficient (Wildman–Crippen LogP) is 2.10. The summed E-state index contributed by atoms with van der Waals surface area (Å²) in [5, 5.41) is 2.72. The Hall–Kier alpha value is -1.07. The molecule has 0 aromatic heterocycles. The van der Waals surface area contributed by atoms with Gasteiger partial charge in [0.25, 0.3) is 0 Å². The molecule has 0 spiro atoms. The second kappa shape index (κ2) is 6.61. The van der Waals surface area contributed by atoms with Gasteiger partial charge in [-0.1, -0.05) is 30.3 Å². The van der Waals surface area contributed by atoms with Gasteiger partial charge >= 0.3 is 6.18 Å². The van der Waals surface area contributed by atoms with E-state index in [-0.39, 0.29) is 12.6 Å². The number of hydrogen-bond acceptors (Lipinski definition) is 2. The van der Waals surface area contributed by atoms with Crippen molar-refractivity contribution in [3.8, 4) is 0 Å². The second-order valence-corrected chi connectivity index (χ2v) is 4.02. The molecule has 0 bridgehead atoms. The van der Waals surface area contributed by atoms with Crippen LogP contribution in [0.2, 0.25) is 0 Å². The Balaban J connectivity index is 2.16. The smallest absolute Gasteiger partial charge is 0.326 e. The van der Waals surface area contributed by atoms with Gasteiger partial charge in [0, 0.05) is 19.1 Å². The van der Waals surface area contributed by atoms with Gasteiger partial charge in [-0.05, 0) is 12.0 Å². The van der Waals surface area contributed by atoms with E-state index in [9.17, 15) is 13.2 Å². The molecule has 1 rings (SSSR count). The molecule has 0 amide bonds. The molecule has 0 radical (unpaired) electrons. The molecule has 1 atom stereocenters. The van der Waals surface area contributed by atoms with Gasteiger partial charge in [-0.3, -0.25) is 0 Å². The molecule has 1 aromatic carbocycles. The van der Waals surface area contributed by atoms with E-state index in [2.05, 4.69) is 5.32 Å². The van der Waals surface area contributed by atoms with Crippen molar-refractivity contribution < 1.29 is 13.2 Å². The lowest BCUT2D eigenvalue weighted by Gasteiger charge is -2.13. The van der Waals surface area contributed by atoms with Crippen molar-refractivity contribution in [1.29, 1.82) is 0 Å². The zero-order chi connectivity index (χ0) is 12.7. The van der Waals surface area contributed by atoms with Gasteiger partial charge in [-0.15, -0.1) is 0 Å². The summed E-state index contributed by atoms with van der Waals surface area (Å²) in [5.74, 6) is 0. The Bertz CT molecular complexity index is 311. The van der Waals surface area contributed by atoms with Gasteiger partial charge in [0.05, 0.1) is 6.42 Å². The summed E-state index contributed by atoms with van der Waals surface area (Å²) >= 11 is 0. The Morgan fingerprint density at radius 3 is 2.41 bits per heavy atom. The lowest BCUT2D eigenvalue weighted by molar-refractivity contribution is -0.133. The third-order valence-corrected chi connectivity index (χ3v) is 2.33. The fourth-order valence-electron chi connectivity index (χ4n) is 1.51. The number of nitrogens with one attached hydrogen (secondary N) is 1. The zero-order valence-corrected chi connectivity index (χ0v) is 9.50. The molecular formula is C12H17F3N2. The highest BCUT2D eigenvalue weighted by molar-refractivity contribution is 5.15. The minimum atomic E-state index is -4.10. The van der Waals surface area contributed by atoms with E-state index >= 15 is 0 Å². The van der Waals surface area contributed by atoms with E-state index in [0.29, 0.717) is 13.0 Å². The van der Waals surface area contributed by atoms with Crippen molar-refractivity contribution in [2.75, 3.05) is 13.1 Å². The molecule has 0 aliphatic carbocycles. The molecule has 0 saturated heterocycles. The maximum Gasteiger partial charge on any atom is 0.390 e. The SMILES string of the molecule is N[C@H](CNCCC(F)(F)F)Cc1ccccc1. The van der Waals surface area contributed by atoms with Crippen LogP contribution in [0.4, 0.5) is 13.2 Å². The number of rotatable bonds is 6. The molecule has 0 unspecified atom stereocenters. The van der Waals surface area contributed by atoms with Gasteiger partial charge in [0.2, 0.25) is 0 Å². The molecule has 1 aromatic rings. The standard InChI is InChI=1S/C12H17F3N2/c13-12(14,15)6-7-17-9-11(16)8-10-4-2-1-3-5-10/h1-5,11,17H,6-9,16H2/t11-/m0/s1. The Kier molecular flexibility index (Phi) is 5.44. The Labute approximate surface area is 99.0 Å². The number of benzene rings is 1. The molecule has 2 nitrogen and oxygen atoms in total. The average molecular weight is 246 g/mol. The average Bonchev–Trinajstić information content (AvgIpc) is 2.25. The monoisotopic (exact) mass is 246 g/mol. The molecule has 0 fully saturated rings. The quantitative estimate of drug-likeness (QED) is 0.754. The third-order valence-electron chi connectivity index (χ3n) is 2.33. The summed E-state index contributed by atoms with van der Waals surface area (Å²) in [6, 6.07) is 9.49. The van der Waals surface area contributed by atoms with Crippen molar-refractivity contribution in [3.05, 3.63) is 35.9 Å². The van der Waals surface area contributed by atoms with Crippen molar-refractivity contribution in [2.45, 2.75) is 25.1 Å². The summed E-state index contributed by atoms with van der Waals surface area (Å²) in [6.07, 6.45) is -4.25. The van der Waals surface area contributed by atoms with E-state index in [0.717, 1.165) is 5.56 Å². The maximum atomic E-state index is 11.9. The molecule has 0 aliphatic heterocycles. The molecule has 96 valence electrons. The third kappa shape index (κ3) is 6.97. The molecule has 3 N–H and O–H groups in total. The molecule has 0 aliphatic rings. The van der Waals surface area contributed by atoms with Crippen LogP contribution in [0.25, 0.3) is 0 Å². The largest absolute Gasteiger partial charge is 0.390 e. The van der Waals surface area contributed by atoms with Crippen LogP contribution < -0.4 is 11.1 Å². The van der Waals surface area contributed by atoms with Crippen LogP contribution in [0.5, 0.6) is 0 Å². The fourth-order valence-corrected chi connectivity index (χ4v) is 1.51. The van der Waals surface area contributed by atoms with Crippen molar-refractivity contribution >= 4 is 0 Å². The molecule has 0 saturated carbocycles. The van der Waals surface area contributed by atoms with E-state index < -0.39 is 12.6 Å². The molecule has 5 heteroatoms. The number of nitrogens with two attached hydrogens (primary N) is 1. The molecule has 17 heavy (non-hydrogen) atoms. The maximum absolute atomic E-state index is 11.9. The van der Waals surface area contributed by atoms with Gasteiger partial charge in [-0.2, -0.15) is 13.2 Å². The summed E-state index contributed by atoms with van der Waals surface area (Å²) in [4.78, 5) is 0. The first-order valence-electron chi connectivity index (χ1n) is 5.54. The van der Waals surface area contributed by atoms with Crippen LogP contribution in [-0.2, 0) is 6.42 Å². The number of halogens is 3. The molecular weight excluding hydrogens is 229 g/mol. The first-order valence-corrected chi connectivity index (χ1v) is 5.54. The highest BCUT2D eigenvalue weighted by Crippen LogP contribution is 2.18. The summed E-state index contributed by atoms with van der Waals surface area (Å²) in [7, 11) is 0. The van der Waals surface area contributed by atoms with Gasteiger partial charge in [0.15, 0.2) is 0 Å². The lowest BCUT2D eigenvalue weighted by atomic mass is 10.1. The molecule has 0 heterocycles. The normalized spacial score (nSPS) is 13.6.